The SMILES string of the molecule is Cc1c(Br)cccc1NC(=O)c1ccc(F)cc1N. The highest BCUT2D eigenvalue weighted by Crippen LogP contribution is 2.24. The average molecular weight is 323 g/mol. The summed E-state index contributed by atoms with van der Waals surface area (Å²) in [7, 11) is 0. The summed E-state index contributed by atoms with van der Waals surface area (Å²) in [4.78, 5) is 12.1. The Morgan fingerprint density at radius 2 is 2.05 bits per heavy atom. The summed E-state index contributed by atoms with van der Waals surface area (Å²) in [5, 5.41) is 2.76. The molecule has 3 N–H and O–H groups in total. The van der Waals surface area contributed by atoms with Gasteiger partial charge in [-0.3, -0.25) is 4.79 Å². The molecule has 2 aromatic rings. The Bertz CT molecular complexity index is 643. The van der Waals surface area contributed by atoms with Gasteiger partial charge in [0, 0.05) is 15.8 Å². The van der Waals surface area contributed by atoms with Gasteiger partial charge in [-0.25, -0.2) is 4.39 Å². The third-order valence-electron chi connectivity index (χ3n) is 2.77. The molecule has 0 aromatic heterocycles. The van der Waals surface area contributed by atoms with Crippen LogP contribution in [0.25, 0.3) is 0 Å². The van der Waals surface area contributed by atoms with Crippen LogP contribution in [0.4, 0.5) is 15.8 Å². The van der Waals surface area contributed by atoms with Gasteiger partial charge in [-0.05, 0) is 42.8 Å². The van der Waals surface area contributed by atoms with Crippen LogP contribution >= 0.6 is 15.9 Å². The van der Waals surface area contributed by atoms with Crippen molar-refractivity contribution in [2.24, 2.45) is 0 Å². The van der Waals surface area contributed by atoms with Crippen molar-refractivity contribution in [1.82, 2.24) is 0 Å². The molecule has 0 aliphatic rings. The summed E-state index contributed by atoms with van der Waals surface area (Å²) >= 11 is 3.39. The first kappa shape index (κ1) is 13.5. The van der Waals surface area contributed by atoms with Gasteiger partial charge in [0.1, 0.15) is 5.82 Å². The minimum Gasteiger partial charge on any atom is -0.398 e. The van der Waals surface area contributed by atoms with Gasteiger partial charge in [0.25, 0.3) is 5.91 Å². The molecule has 0 spiro atoms. The van der Waals surface area contributed by atoms with Crippen molar-refractivity contribution in [3.8, 4) is 0 Å². The van der Waals surface area contributed by atoms with Crippen molar-refractivity contribution in [1.29, 1.82) is 0 Å². The summed E-state index contributed by atoms with van der Waals surface area (Å²) < 4.78 is 13.8. The Morgan fingerprint density at radius 3 is 2.74 bits per heavy atom. The minimum atomic E-state index is -0.465. The highest BCUT2D eigenvalue weighted by atomic mass is 79.9. The van der Waals surface area contributed by atoms with E-state index in [1.54, 1.807) is 6.07 Å². The van der Waals surface area contributed by atoms with Gasteiger partial charge >= 0.3 is 0 Å². The number of anilines is 2. The van der Waals surface area contributed by atoms with Gasteiger partial charge in [-0.2, -0.15) is 0 Å². The summed E-state index contributed by atoms with van der Waals surface area (Å²) in [6.07, 6.45) is 0. The lowest BCUT2D eigenvalue weighted by Crippen LogP contribution is -2.15. The molecule has 0 atom stereocenters. The molecule has 0 saturated heterocycles. The van der Waals surface area contributed by atoms with Crippen molar-refractivity contribution in [2.75, 3.05) is 11.1 Å². The molecule has 98 valence electrons. The maximum absolute atomic E-state index is 12.9. The molecule has 3 nitrogen and oxygen atoms in total. The van der Waals surface area contributed by atoms with E-state index >= 15 is 0 Å². The highest BCUT2D eigenvalue weighted by Gasteiger charge is 2.12. The molecule has 1 amide bonds. The maximum atomic E-state index is 12.9. The Balaban J connectivity index is 2.28. The number of carbonyl (C=O) groups is 1. The van der Waals surface area contributed by atoms with E-state index in [-0.39, 0.29) is 17.2 Å². The average Bonchev–Trinajstić information content (AvgIpc) is 2.34. The van der Waals surface area contributed by atoms with Crippen LogP contribution < -0.4 is 11.1 Å². The molecule has 0 bridgehead atoms. The van der Waals surface area contributed by atoms with E-state index in [1.807, 2.05) is 19.1 Å². The Labute approximate surface area is 118 Å². The number of halogens is 2. The fraction of sp³-hybridized carbons (Fsp3) is 0.0714. The summed E-state index contributed by atoms with van der Waals surface area (Å²) in [5.41, 5.74) is 7.60. The van der Waals surface area contributed by atoms with Crippen LogP contribution in [0.2, 0.25) is 0 Å². The molecule has 0 unspecified atom stereocenters. The number of hydrogen-bond donors (Lipinski definition) is 2. The standard InChI is InChI=1S/C14H12BrFN2O/c1-8-11(15)3-2-4-13(8)18-14(19)10-6-5-9(16)7-12(10)17/h2-7H,17H2,1H3,(H,18,19). The monoisotopic (exact) mass is 322 g/mol. The first-order chi connectivity index (χ1) is 8.99. The van der Waals surface area contributed by atoms with E-state index in [2.05, 4.69) is 21.2 Å². The van der Waals surface area contributed by atoms with Gasteiger partial charge in [0.15, 0.2) is 0 Å². The van der Waals surface area contributed by atoms with Crippen LogP contribution in [0.15, 0.2) is 40.9 Å². The lowest BCUT2D eigenvalue weighted by molar-refractivity contribution is 0.102. The fourth-order valence-electron chi connectivity index (χ4n) is 1.67. The number of hydrogen-bond acceptors (Lipinski definition) is 2. The molecule has 5 heteroatoms. The van der Waals surface area contributed by atoms with Crippen molar-refractivity contribution in [3.05, 3.63) is 57.8 Å². The summed E-state index contributed by atoms with van der Waals surface area (Å²) in [5.74, 6) is -0.827. The molecule has 2 rings (SSSR count). The van der Waals surface area contributed by atoms with Gasteiger partial charge in [-0.1, -0.05) is 22.0 Å². The predicted molar refractivity (Wildman–Crippen MR) is 77.6 cm³/mol. The van der Waals surface area contributed by atoms with Crippen LogP contribution in [0.5, 0.6) is 0 Å². The second-order valence-electron chi connectivity index (χ2n) is 4.10. The number of rotatable bonds is 2. The van der Waals surface area contributed by atoms with Crippen molar-refractivity contribution in [3.63, 3.8) is 0 Å². The number of nitrogens with two attached hydrogens (primary N) is 1. The van der Waals surface area contributed by atoms with E-state index < -0.39 is 5.82 Å². The Kier molecular flexibility index (Phi) is 3.85. The largest absolute Gasteiger partial charge is 0.398 e. The summed E-state index contributed by atoms with van der Waals surface area (Å²) in [6.45, 7) is 1.88. The second kappa shape index (κ2) is 5.40. The molecule has 0 fully saturated rings. The van der Waals surface area contributed by atoms with E-state index in [1.165, 1.54) is 12.1 Å². The third kappa shape index (κ3) is 2.93. The number of amides is 1. The first-order valence-electron chi connectivity index (χ1n) is 5.60. The number of benzene rings is 2. The van der Waals surface area contributed by atoms with E-state index in [0.717, 1.165) is 16.1 Å². The van der Waals surface area contributed by atoms with Crippen LogP contribution in [0.3, 0.4) is 0 Å². The lowest BCUT2D eigenvalue weighted by Gasteiger charge is -2.11. The zero-order valence-corrected chi connectivity index (χ0v) is 11.8. The molecule has 19 heavy (non-hydrogen) atoms. The van der Waals surface area contributed by atoms with E-state index in [9.17, 15) is 9.18 Å². The van der Waals surface area contributed by atoms with E-state index in [4.69, 9.17) is 5.73 Å². The summed E-state index contributed by atoms with van der Waals surface area (Å²) in [6, 6.07) is 9.20. The molecule has 0 saturated carbocycles. The first-order valence-corrected chi connectivity index (χ1v) is 6.40. The van der Waals surface area contributed by atoms with Gasteiger partial charge in [0.2, 0.25) is 0 Å². The predicted octanol–water partition coefficient (Wildman–Crippen LogP) is 3.73. The molecule has 0 radical (unpaired) electrons. The number of carbonyl (C=O) groups excluding carboxylic acids is 1. The molecular weight excluding hydrogens is 311 g/mol. The molecular formula is C14H12BrFN2O. The lowest BCUT2D eigenvalue weighted by atomic mass is 10.1. The fourth-order valence-corrected chi connectivity index (χ4v) is 2.04. The van der Waals surface area contributed by atoms with Crippen LogP contribution in [0, 0.1) is 12.7 Å². The zero-order chi connectivity index (χ0) is 14.0. The smallest absolute Gasteiger partial charge is 0.257 e. The molecule has 2 aromatic carbocycles. The molecule has 0 aliphatic carbocycles. The third-order valence-corrected chi connectivity index (χ3v) is 3.63. The number of nitrogens with one attached hydrogen (secondary N) is 1. The van der Waals surface area contributed by atoms with E-state index in [0.29, 0.717) is 5.69 Å². The zero-order valence-electron chi connectivity index (χ0n) is 10.2. The molecule has 0 aliphatic heterocycles. The normalized spacial score (nSPS) is 10.3. The van der Waals surface area contributed by atoms with Gasteiger partial charge in [0.05, 0.1) is 5.56 Å². The van der Waals surface area contributed by atoms with Gasteiger partial charge < -0.3 is 11.1 Å². The van der Waals surface area contributed by atoms with Crippen molar-refractivity contribution >= 4 is 33.2 Å². The number of nitrogen functional groups attached to an aromatic ring is 1. The second-order valence-corrected chi connectivity index (χ2v) is 4.95. The van der Waals surface area contributed by atoms with Crippen LogP contribution in [0.1, 0.15) is 15.9 Å². The van der Waals surface area contributed by atoms with Crippen LogP contribution in [-0.4, -0.2) is 5.91 Å². The Morgan fingerprint density at radius 1 is 1.32 bits per heavy atom. The minimum absolute atomic E-state index is 0.116. The quantitative estimate of drug-likeness (QED) is 0.828. The topological polar surface area (TPSA) is 55.1 Å². The van der Waals surface area contributed by atoms with Gasteiger partial charge in [-0.15, -0.1) is 0 Å². The Hall–Kier alpha value is -1.88. The maximum Gasteiger partial charge on any atom is 0.257 e. The van der Waals surface area contributed by atoms with Crippen molar-refractivity contribution in [2.45, 2.75) is 6.92 Å². The highest BCUT2D eigenvalue weighted by molar-refractivity contribution is 9.10. The van der Waals surface area contributed by atoms with Crippen LogP contribution in [-0.2, 0) is 0 Å². The van der Waals surface area contributed by atoms with Crippen molar-refractivity contribution < 1.29 is 9.18 Å². The molecule has 0 heterocycles.